The van der Waals surface area contributed by atoms with E-state index in [4.69, 9.17) is 38.3 Å². The van der Waals surface area contributed by atoms with Gasteiger partial charge in [0.05, 0.1) is 69.5 Å². The summed E-state index contributed by atoms with van der Waals surface area (Å²) in [4.78, 5) is 43.9. The highest BCUT2D eigenvalue weighted by Gasteiger charge is 2.42. The molecule has 2 fully saturated rings. The molecule has 0 bridgehead atoms. The van der Waals surface area contributed by atoms with Crippen molar-refractivity contribution in [3.8, 4) is 23.0 Å². The number of rotatable bonds is 21. The highest BCUT2D eigenvalue weighted by Crippen LogP contribution is 2.40. The molecule has 16 heteroatoms. The Morgan fingerprint density at radius 3 is 1.62 bits per heavy atom. The molecule has 0 aromatic heterocycles. The summed E-state index contributed by atoms with van der Waals surface area (Å²) in [6, 6.07) is 6.46. The van der Waals surface area contributed by atoms with Gasteiger partial charge in [0.1, 0.15) is 6.61 Å². The van der Waals surface area contributed by atoms with E-state index in [-0.39, 0.29) is 51.8 Å². The third-order valence-electron chi connectivity index (χ3n) is 12.7. The molecule has 4 rings (SSSR count). The first-order valence-corrected chi connectivity index (χ1v) is 27.3. The Hall–Kier alpha value is -4.26. The molecule has 0 unspecified atom stereocenters. The number of nitrogens with zero attached hydrogens (tertiary/aromatic N) is 2. The van der Waals surface area contributed by atoms with Crippen molar-refractivity contribution in [3.05, 3.63) is 48.0 Å². The van der Waals surface area contributed by atoms with Gasteiger partial charge in [0.25, 0.3) is 11.8 Å². The number of anilines is 2. The number of nitrogens with two attached hydrogens (primary N) is 1. The summed E-state index contributed by atoms with van der Waals surface area (Å²) in [5, 5.41) is 2.85. The van der Waals surface area contributed by atoms with Crippen LogP contribution in [0.4, 0.5) is 16.2 Å². The molecule has 0 saturated carbocycles. The number of benzene rings is 2. The molecule has 2 aromatic carbocycles. The van der Waals surface area contributed by atoms with Gasteiger partial charge < -0.3 is 48.1 Å². The summed E-state index contributed by atoms with van der Waals surface area (Å²) in [6.07, 6.45) is 4.63. The highest BCUT2D eigenvalue weighted by atomic mass is 28.4. The lowest BCUT2D eigenvalue weighted by Crippen LogP contribution is -2.55. The van der Waals surface area contributed by atoms with Gasteiger partial charge in [0.15, 0.2) is 39.6 Å². The van der Waals surface area contributed by atoms with Crippen LogP contribution in [0, 0.1) is 0 Å². The van der Waals surface area contributed by atoms with Crippen LogP contribution in [0.25, 0.3) is 0 Å². The van der Waals surface area contributed by atoms with Crippen LogP contribution in [-0.4, -0.2) is 117 Å². The fraction of sp³-hybridized carbons (Fsp3) is 0.622. The van der Waals surface area contributed by atoms with Gasteiger partial charge in [-0.15, -0.1) is 0 Å². The van der Waals surface area contributed by atoms with Gasteiger partial charge >= 0.3 is 6.09 Å². The van der Waals surface area contributed by atoms with E-state index in [1.54, 1.807) is 36.3 Å². The first-order chi connectivity index (χ1) is 28.5. The fourth-order valence-electron chi connectivity index (χ4n) is 6.29. The molecule has 2 heterocycles. The molecule has 2 saturated heterocycles. The third kappa shape index (κ3) is 12.4. The fourth-order valence-corrected chi connectivity index (χ4v) is 8.37. The molecule has 3 N–H and O–H groups in total. The topological polar surface area (TPSA) is 160 Å². The Kier molecular flexibility index (Phi) is 16.8. The number of likely N-dealkylation sites (tertiary alicyclic amines) is 2. The predicted octanol–water partition coefficient (Wildman–Crippen LogP) is 9.12. The number of nitrogen functional groups attached to an aromatic ring is 1. The second-order valence-electron chi connectivity index (χ2n) is 18.9. The first kappa shape index (κ1) is 49.4. The number of unbranched alkanes of at least 4 members (excludes halogenated alkanes) is 2. The lowest BCUT2D eigenvalue weighted by molar-refractivity contribution is 0.0310. The lowest BCUT2D eigenvalue weighted by Gasteiger charge is -2.44. The quantitative estimate of drug-likeness (QED) is 0.0533. The van der Waals surface area contributed by atoms with Gasteiger partial charge in [0.2, 0.25) is 0 Å². The van der Waals surface area contributed by atoms with Gasteiger partial charge in [-0.25, -0.2) is 4.79 Å². The van der Waals surface area contributed by atoms with Gasteiger partial charge in [-0.3, -0.25) is 14.9 Å². The summed E-state index contributed by atoms with van der Waals surface area (Å²) in [7, 11) is -0.907. The van der Waals surface area contributed by atoms with E-state index in [0.717, 1.165) is 19.3 Å². The molecular weight excluding hydrogens is 813 g/mol. The van der Waals surface area contributed by atoms with Crippen LogP contribution in [0.5, 0.6) is 23.0 Å². The number of carbonyl (C=O) groups is 3. The van der Waals surface area contributed by atoms with Crippen LogP contribution >= 0.6 is 0 Å². The van der Waals surface area contributed by atoms with E-state index in [1.165, 1.54) is 13.2 Å². The van der Waals surface area contributed by atoms with Crippen LogP contribution in [0.3, 0.4) is 0 Å². The first-order valence-electron chi connectivity index (χ1n) is 21.4. The molecule has 0 aliphatic carbocycles. The maximum atomic E-state index is 14.0. The number of carbonyl (C=O) groups excluding carboxylic acids is 3. The standard InChI is InChI=1S/C45H72N4O10Si2/c1-14-22-57-43(52)47-36-28-40(38(54-9)26-34(36)42(51)49-21-19-32(49)30-59-61(12,13)45(5,6)7)56-24-17-15-16-23-55-39-27-35(46)33(25-37(39)53-8)41(50)48-20-18-31(48)29-58-60(10,11)44(2,3)4/h14,25-28,31-32H,1,15-24,29-30,46H2,2-13H3,(H,47,52)/t31-,32-/m0/s1. The SMILES string of the molecule is C=CCOC(=O)Nc1cc(OCCCCCOc2cc(N)c(C(=O)N3CC[C@H]3CO[Si](C)(C)C(C)(C)C)cc2OC)c(OC)cc1C(=O)N1CC[C@H]1CO[Si](C)(C)C(C)(C)C. The Bertz CT molecular complexity index is 1860. The summed E-state index contributed by atoms with van der Waals surface area (Å²) in [5.74, 6) is 1.25. The molecule has 2 atom stereocenters. The Morgan fingerprint density at radius 1 is 0.738 bits per heavy atom. The minimum absolute atomic E-state index is 0.00967. The molecule has 340 valence electrons. The Morgan fingerprint density at radius 2 is 1.20 bits per heavy atom. The zero-order valence-electron chi connectivity index (χ0n) is 38.8. The maximum absolute atomic E-state index is 14.0. The Labute approximate surface area is 366 Å². The average Bonchev–Trinajstić information content (AvgIpc) is 3.14. The second-order valence-corrected chi connectivity index (χ2v) is 28.6. The third-order valence-corrected chi connectivity index (χ3v) is 21.7. The van der Waals surface area contributed by atoms with Crippen molar-refractivity contribution in [1.82, 2.24) is 9.80 Å². The molecule has 0 radical (unpaired) electrons. The van der Waals surface area contributed by atoms with Gasteiger partial charge in [-0.2, -0.15) is 0 Å². The zero-order valence-corrected chi connectivity index (χ0v) is 40.8. The Balaban J connectivity index is 1.33. The predicted molar refractivity (Wildman–Crippen MR) is 246 cm³/mol. The van der Waals surface area contributed by atoms with Crippen LogP contribution in [0.2, 0.25) is 36.3 Å². The van der Waals surface area contributed by atoms with Gasteiger partial charge in [0, 0.05) is 30.9 Å². The van der Waals surface area contributed by atoms with Crippen molar-refractivity contribution >= 4 is 45.9 Å². The van der Waals surface area contributed by atoms with Crippen LogP contribution in [0.15, 0.2) is 36.9 Å². The van der Waals surface area contributed by atoms with Crippen molar-refractivity contribution in [2.24, 2.45) is 0 Å². The van der Waals surface area contributed by atoms with Crippen molar-refractivity contribution in [2.75, 3.05) is 71.4 Å². The summed E-state index contributed by atoms with van der Waals surface area (Å²) >= 11 is 0. The van der Waals surface area contributed by atoms with E-state index in [0.29, 0.717) is 86.6 Å². The van der Waals surface area contributed by atoms with Gasteiger partial charge in [-0.05, 0) is 80.5 Å². The molecule has 14 nitrogen and oxygen atoms in total. The molecule has 2 aliphatic rings. The number of amides is 3. The minimum Gasteiger partial charge on any atom is -0.493 e. The molecule has 61 heavy (non-hydrogen) atoms. The molecular formula is C45H72N4O10Si2. The monoisotopic (exact) mass is 884 g/mol. The summed E-state index contributed by atoms with van der Waals surface area (Å²) in [5.41, 5.74) is 7.64. The van der Waals surface area contributed by atoms with Crippen molar-refractivity contribution in [2.45, 2.75) is 122 Å². The minimum atomic E-state index is -2.01. The normalized spacial score (nSPS) is 16.9. The smallest absolute Gasteiger partial charge is 0.411 e. The molecule has 2 aliphatic heterocycles. The zero-order chi connectivity index (χ0) is 45.3. The number of hydrogen-bond donors (Lipinski definition) is 2. The molecule has 3 amide bonds. The average molecular weight is 885 g/mol. The van der Waals surface area contributed by atoms with E-state index in [2.05, 4.69) is 79.6 Å². The van der Waals surface area contributed by atoms with Crippen molar-refractivity contribution < 1.29 is 46.9 Å². The number of methoxy groups -OCH3 is 2. The number of ether oxygens (including phenoxy) is 5. The van der Waals surface area contributed by atoms with E-state index < -0.39 is 22.7 Å². The largest absolute Gasteiger partial charge is 0.493 e. The second kappa shape index (κ2) is 20.7. The maximum Gasteiger partial charge on any atom is 0.411 e. The van der Waals surface area contributed by atoms with Crippen LogP contribution in [0.1, 0.15) is 94.4 Å². The summed E-state index contributed by atoms with van der Waals surface area (Å²) in [6.45, 7) is 28.6. The highest BCUT2D eigenvalue weighted by molar-refractivity contribution is 6.74. The van der Waals surface area contributed by atoms with Crippen molar-refractivity contribution in [3.63, 3.8) is 0 Å². The number of nitrogens with one attached hydrogen (secondary N) is 1. The van der Waals surface area contributed by atoms with Crippen LogP contribution < -0.4 is 30.0 Å². The lowest BCUT2D eigenvalue weighted by atomic mass is 10.0. The molecule has 2 aromatic rings. The van der Waals surface area contributed by atoms with Crippen molar-refractivity contribution in [1.29, 1.82) is 0 Å². The van der Waals surface area contributed by atoms with E-state index >= 15 is 0 Å². The van der Waals surface area contributed by atoms with Crippen LogP contribution in [-0.2, 0) is 13.6 Å². The number of hydrogen-bond acceptors (Lipinski definition) is 11. The molecule has 0 spiro atoms. The van der Waals surface area contributed by atoms with E-state index in [1.807, 2.05) is 4.90 Å². The summed E-state index contributed by atoms with van der Waals surface area (Å²) < 4.78 is 41.5. The van der Waals surface area contributed by atoms with Gasteiger partial charge in [-0.1, -0.05) is 54.2 Å². The van der Waals surface area contributed by atoms with E-state index in [9.17, 15) is 14.4 Å².